The Labute approximate surface area is 197 Å². The molecule has 1 aromatic rings. The smallest absolute Gasteiger partial charge is 0.331 e. The van der Waals surface area contributed by atoms with E-state index in [0.29, 0.717) is 42.2 Å². The summed E-state index contributed by atoms with van der Waals surface area (Å²) < 4.78 is 16.7. The second kappa shape index (κ2) is 11.5. The number of nitrogens with zero attached hydrogens (tertiary/aromatic N) is 1. The average molecular weight is 456 g/mol. The van der Waals surface area contributed by atoms with Crippen molar-refractivity contribution in [3.63, 3.8) is 0 Å². The summed E-state index contributed by atoms with van der Waals surface area (Å²) in [6.45, 7) is 9.96. The number of rotatable bonds is 5. The lowest BCUT2D eigenvalue weighted by atomic mass is 9.64. The average Bonchev–Trinajstić information content (AvgIpc) is 3.16. The van der Waals surface area contributed by atoms with Gasteiger partial charge in [-0.25, -0.2) is 9.78 Å². The Kier molecular flexibility index (Phi) is 8.70. The van der Waals surface area contributed by atoms with Crippen LogP contribution in [0.1, 0.15) is 71.4 Å². The molecule has 33 heavy (non-hydrogen) atoms. The van der Waals surface area contributed by atoms with Crippen molar-refractivity contribution in [2.75, 3.05) is 0 Å². The standard InChI is InChI=1S/C27H37NO5/c1-17(2)24-12-10-18(3)25-14-23(33-27(30)13-11-21-16-31-19(4)28-21)9-7-6-8-22(15-26(24)25)32-20(5)29/h6-7,10-11,13,16-17,22-26H,8-9,12,14-15H2,1-5H3/b7-6-,13-11?. The Hall–Kier alpha value is -2.63. The molecule has 180 valence electrons. The van der Waals surface area contributed by atoms with Crippen molar-refractivity contribution < 1.29 is 23.5 Å². The van der Waals surface area contributed by atoms with E-state index in [-0.39, 0.29) is 30.1 Å². The minimum absolute atomic E-state index is 0.119. The quantitative estimate of drug-likeness (QED) is 0.316. The van der Waals surface area contributed by atoms with Gasteiger partial charge in [-0.05, 0) is 55.9 Å². The number of hydrogen-bond donors (Lipinski definition) is 0. The van der Waals surface area contributed by atoms with Crippen LogP contribution in [0.4, 0.5) is 0 Å². The number of esters is 2. The van der Waals surface area contributed by atoms with Gasteiger partial charge in [0.1, 0.15) is 24.2 Å². The van der Waals surface area contributed by atoms with E-state index in [1.54, 1.807) is 13.0 Å². The summed E-state index contributed by atoms with van der Waals surface area (Å²) in [5.41, 5.74) is 1.94. The first kappa shape index (κ1) is 25.0. The van der Waals surface area contributed by atoms with Crippen molar-refractivity contribution in [3.05, 3.63) is 47.7 Å². The van der Waals surface area contributed by atoms with Gasteiger partial charge < -0.3 is 13.9 Å². The predicted octanol–water partition coefficient (Wildman–Crippen LogP) is 5.82. The molecule has 0 amide bonds. The van der Waals surface area contributed by atoms with Crippen LogP contribution in [0, 0.1) is 30.6 Å². The highest BCUT2D eigenvalue weighted by Crippen LogP contribution is 2.44. The third kappa shape index (κ3) is 7.18. The summed E-state index contributed by atoms with van der Waals surface area (Å²) in [5.74, 6) is 1.64. The molecule has 0 N–H and O–H groups in total. The van der Waals surface area contributed by atoms with Crippen molar-refractivity contribution in [2.45, 2.75) is 78.9 Å². The number of hydrogen-bond acceptors (Lipinski definition) is 6. The highest BCUT2D eigenvalue weighted by Gasteiger charge is 2.38. The number of fused-ring (bicyclic) bond motifs is 1. The van der Waals surface area contributed by atoms with Gasteiger partial charge in [0, 0.05) is 32.8 Å². The molecule has 6 nitrogen and oxygen atoms in total. The van der Waals surface area contributed by atoms with Crippen LogP contribution in [0.3, 0.4) is 0 Å². The first-order chi connectivity index (χ1) is 15.7. The van der Waals surface area contributed by atoms with Gasteiger partial charge in [0.25, 0.3) is 0 Å². The van der Waals surface area contributed by atoms with Crippen molar-refractivity contribution in [1.82, 2.24) is 4.98 Å². The number of ether oxygens (including phenoxy) is 2. The molecule has 1 aromatic heterocycles. The van der Waals surface area contributed by atoms with Gasteiger partial charge in [0.15, 0.2) is 5.89 Å². The highest BCUT2D eigenvalue weighted by atomic mass is 16.5. The minimum atomic E-state index is -0.377. The van der Waals surface area contributed by atoms with Crippen LogP contribution in [-0.4, -0.2) is 29.1 Å². The van der Waals surface area contributed by atoms with E-state index >= 15 is 0 Å². The fourth-order valence-electron chi connectivity index (χ4n) is 5.27. The van der Waals surface area contributed by atoms with E-state index in [0.717, 1.165) is 19.3 Å². The van der Waals surface area contributed by atoms with Gasteiger partial charge >= 0.3 is 11.9 Å². The molecule has 6 heteroatoms. The Bertz CT molecular complexity index is 909. The molecule has 0 fully saturated rings. The van der Waals surface area contributed by atoms with Crippen molar-refractivity contribution in [2.24, 2.45) is 23.7 Å². The first-order valence-electron chi connectivity index (χ1n) is 12.0. The Morgan fingerprint density at radius 3 is 2.39 bits per heavy atom. The zero-order valence-corrected chi connectivity index (χ0v) is 20.5. The lowest BCUT2D eigenvalue weighted by Gasteiger charge is -2.42. The molecule has 0 saturated carbocycles. The van der Waals surface area contributed by atoms with Gasteiger partial charge in [-0.3, -0.25) is 4.79 Å². The van der Waals surface area contributed by atoms with Crippen LogP contribution in [0.2, 0.25) is 0 Å². The monoisotopic (exact) mass is 455 g/mol. The predicted molar refractivity (Wildman–Crippen MR) is 127 cm³/mol. The zero-order chi connectivity index (χ0) is 24.0. The van der Waals surface area contributed by atoms with Gasteiger partial charge in [-0.15, -0.1) is 0 Å². The third-order valence-corrected chi connectivity index (χ3v) is 6.88. The van der Waals surface area contributed by atoms with Gasteiger partial charge in [-0.1, -0.05) is 37.6 Å². The number of oxazole rings is 1. The van der Waals surface area contributed by atoms with Gasteiger partial charge in [0.05, 0.1) is 0 Å². The maximum Gasteiger partial charge on any atom is 0.331 e. The topological polar surface area (TPSA) is 78.6 Å². The fraction of sp³-hybridized carbons (Fsp3) is 0.593. The van der Waals surface area contributed by atoms with E-state index in [9.17, 15) is 9.59 Å². The zero-order valence-electron chi connectivity index (χ0n) is 20.5. The molecule has 0 spiro atoms. The number of carbonyl (C=O) groups excluding carboxylic acids is 2. The Morgan fingerprint density at radius 1 is 1.09 bits per heavy atom. The van der Waals surface area contributed by atoms with Crippen LogP contribution < -0.4 is 0 Å². The molecule has 0 bridgehead atoms. The van der Waals surface area contributed by atoms with E-state index < -0.39 is 0 Å². The van der Waals surface area contributed by atoms with Crippen LogP contribution >= 0.6 is 0 Å². The lowest BCUT2D eigenvalue weighted by Crippen LogP contribution is -2.37. The Morgan fingerprint density at radius 2 is 1.79 bits per heavy atom. The molecule has 5 atom stereocenters. The molecule has 1 heterocycles. The van der Waals surface area contributed by atoms with Crippen LogP contribution in [0.25, 0.3) is 6.08 Å². The SMILES string of the molecule is CC(=O)OC1C/C=C\CC(OC(=O)C=Cc2coc(C)n2)CC2C(C)=CCC(C(C)C)C2C1. The van der Waals surface area contributed by atoms with Crippen molar-refractivity contribution >= 4 is 18.0 Å². The first-order valence-corrected chi connectivity index (χ1v) is 12.0. The number of allylic oxidation sites excluding steroid dienone is 2. The molecule has 5 unspecified atom stereocenters. The normalized spacial score (nSPS) is 29.3. The second-order valence-electron chi connectivity index (χ2n) is 9.69. The van der Waals surface area contributed by atoms with Crippen LogP contribution in [0.5, 0.6) is 0 Å². The summed E-state index contributed by atoms with van der Waals surface area (Å²) >= 11 is 0. The van der Waals surface area contributed by atoms with Crippen molar-refractivity contribution in [3.8, 4) is 0 Å². The molecular weight excluding hydrogens is 418 g/mol. The summed E-state index contributed by atoms with van der Waals surface area (Å²) in [6.07, 6.45) is 14.6. The maximum absolute atomic E-state index is 12.6. The largest absolute Gasteiger partial charge is 0.462 e. The molecule has 2 aliphatic carbocycles. The van der Waals surface area contributed by atoms with Crippen LogP contribution in [0.15, 0.2) is 40.6 Å². The lowest BCUT2D eigenvalue weighted by molar-refractivity contribution is -0.148. The molecule has 0 aliphatic heterocycles. The van der Waals surface area contributed by atoms with E-state index in [4.69, 9.17) is 13.9 Å². The number of aromatic nitrogens is 1. The van der Waals surface area contributed by atoms with Crippen LogP contribution in [-0.2, 0) is 19.1 Å². The molecular formula is C27H37NO5. The fourth-order valence-corrected chi connectivity index (χ4v) is 5.27. The molecule has 0 aromatic carbocycles. The highest BCUT2D eigenvalue weighted by molar-refractivity contribution is 5.86. The molecule has 3 rings (SSSR count). The van der Waals surface area contributed by atoms with E-state index in [1.807, 2.05) is 6.08 Å². The van der Waals surface area contributed by atoms with Crippen molar-refractivity contribution in [1.29, 1.82) is 0 Å². The van der Waals surface area contributed by atoms with Gasteiger partial charge in [0.2, 0.25) is 0 Å². The third-order valence-electron chi connectivity index (χ3n) is 6.88. The maximum atomic E-state index is 12.6. The van der Waals surface area contributed by atoms with Gasteiger partial charge in [-0.2, -0.15) is 0 Å². The molecule has 2 aliphatic rings. The molecule has 0 radical (unpaired) electrons. The summed E-state index contributed by atoms with van der Waals surface area (Å²) in [5, 5.41) is 0. The van der Waals surface area contributed by atoms with E-state index in [1.165, 1.54) is 24.8 Å². The number of carbonyl (C=O) groups is 2. The van der Waals surface area contributed by atoms with E-state index in [2.05, 4.69) is 37.9 Å². The summed E-state index contributed by atoms with van der Waals surface area (Å²) in [6, 6.07) is 0. The summed E-state index contributed by atoms with van der Waals surface area (Å²) in [7, 11) is 0. The molecule has 0 saturated heterocycles. The Balaban J connectivity index is 1.79. The second-order valence-corrected chi connectivity index (χ2v) is 9.69. The minimum Gasteiger partial charge on any atom is -0.462 e. The summed E-state index contributed by atoms with van der Waals surface area (Å²) in [4.78, 5) is 28.5. The number of aryl methyl sites for hydroxylation is 1.